The maximum absolute atomic E-state index is 11.3. The summed E-state index contributed by atoms with van der Waals surface area (Å²) in [5.74, 6) is 1.99. The Kier molecular flexibility index (Phi) is 3.74. The van der Waals surface area contributed by atoms with Gasteiger partial charge in [-0.15, -0.1) is 6.42 Å². The lowest BCUT2D eigenvalue weighted by Crippen LogP contribution is -2.38. The third-order valence-corrected chi connectivity index (χ3v) is 2.23. The fraction of sp³-hybridized carbons (Fsp3) is 0.667. The molecule has 0 radical (unpaired) electrons. The average Bonchev–Trinajstić information content (AvgIpc) is 2.52. The van der Waals surface area contributed by atoms with Gasteiger partial charge in [0.25, 0.3) is 0 Å². The van der Waals surface area contributed by atoms with E-state index in [0.717, 1.165) is 19.3 Å². The first kappa shape index (κ1) is 10.0. The number of hydrogen-bond donors (Lipinski definition) is 2. The van der Waals surface area contributed by atoms with Crippen molar-refractivity contribution in [3.8, 4) is 12.3 Å². The van der Waals surface area contributed by atoms with E-state index in [1.54, 1.807) is 0 Å². The van der Waals surface area contributed by atoms with Crippen molar-refractivity contribution in [1.29, 1.82) is 0 Å². The molecular formula is C9H14N2O2. The van der Waals surface area contributed by atoms with Crippen molar-refractivity contribution in [2.45, 2.75) is 25.3 Å². The van der Waals surface area contributed by atoms with E-state index in [1.807, 2.05) is 0 Å². The summed E-state index contributed by atoms with van der Waals surface area (Å²) in [6, 6.07) is -0.0329. The molecule has 1 saturated carbocycles. The highest BCUT2D eigenvalue weighted by molar-refractivity contribution is 5.78. The van der Waals surface area contributed by atoms with Gasteiger partial charge in [-0.1, -0.05) is 12.3 Å². The van der Waals surface area contributed by atoms with Crippen LogP contribution in [0.2, 0.25) is 0 Å². The van der Waals surface area contributed by atoms with Gasteiger partial charge in [0.1, 0.15) is 6.61 Å². The number of terminal acetylenes is 1. The van der Waals surface area contributed by atoms with Gasteiger partial charge in [0.2, 0.25) is 5.91 Å². The zero-order valence-corrected chi connectivity index (χ0v) is 7.45. The molecule has 0 unspecified atom stereocenters. The van der Waals surface area contributed by atoms with E-state index in [9.17, 15) is 4.79 Å². The van der Waals surface area contributed by atoms with Crippen LogP contribution < -0.4 is 11.2 Å². The zero-order chi connectivity index (χ0) is 9.68. The van der Waals surface area contributed by atoms with Gasteiger partial charge in [-0.25, -0.2) is 5.48 Å². The van der Waals surface area contributed by atoms with Crippen molar-refractivity contribution >= 4 is 5.91 Å². The van der Waals surface area contributed by atoms with E-state index in [2.05, 4.69) is 11.4 Å². The van der Waals surface area contributed by atoms with Crippen molar-refractivity contribution in [2.24, 2.45) is 11.7 Å². The summed E-state index contributed by atoms with van der Waals surface area (Å²) >= 11 is 0. The van der Waals surface area contributed by atoms with Crippen molar-refractivity contribution in [1.82, 2.24) is 5.48 Å². The van der Waals surface area contributed by atoms with Crippen LogP contribution in [0.15, 0.2) is 0 Å². The molecule has 0 aromatic carbocycles. The Morgan fingerprint density at radius 3 is 3.00 bits per heavy atom. The first-order valence-corrected chi connectivity index (χ1v) is 4.36. The van der Waals surface area contributed by atoms with Gasteiger partial charge in [0, 0.05) is 6.04 Å². The summed E-state index contributed by atoms with van der Waals surface area (Å²) in [6.45, 7) is 0.0910. The standard InChI is InChI=1S/C9H14N2O2/c1-2-6-13-11-9(12)7-4-3-5-8(7)10/h1,7-8H,3-6,10H2,(H,11,12)/t7-,8+/m0/s1. The highest BCUT2D eigenvalue weighted by atomic mass is 16.6. The lowest BCUT2D eigenvalue weighted by Gasteiger charge is -2.13. The average molecular weight is 182 g/mol. The summed E-state index contributed by atoms with van der Waals surface area (Å²) < 4.78 is 0. The quantitative estimate of drug-likeness (QED) is 0.361. The van der Waals surface area contributed by atoms with Gasteiger partial charge in [-0.05, 0) is 12.8 Å². The molecule has 1 aliphatic carbocycles. The molecule has 72 valence electrons. The van der Waals surface area contributed by atoms with Crippen LogP contribution >= 0.6 is 0 Å². The van der Waals surface area contributed by atoms with Gasteiger partial charge in [0.05, 0.1) is 5.92 Å². The molecule has 0 aromatic heterocycles. The van der Waals surface area contributed by atoms with E-state index < -0.39 is 0 Å². The molecule has 1 rings (SSSR count). The second kappa shape index (κ2) is 4.85. The minimum atomic E-state index is -0.153. The van der Waals surface area contributed by atoms with Gasteiger partial charge < -0.3 is 5.73 Å². The number of rotatable bonds is 3. The number of nitrogens with two attached hydrogens (primary N) is 1. The lowest BCUT2D eigenvalue weighted by molar-refractivity contribution is -0.136. The van der Waals surface area contributed by atoms with Crippen molar-refractivity contribution < 1.29 is 9.63 Å². The maximum atomic E-state index is 11.3. The number of amides is 1. The van der Waals surface area contributed by atoms with Crippen LogP contribution in [-0.2, 0) is 9.63 Å². The molecular weight excluding hydrogens is 168 g/mol. The molecule has 1 aliphatic rings. The summed E-state index contributed by atoms with van der Waals surface area (Å²) in [5, 5.41) is 0. The lowest BCUT2D eigenvalue weighted by atomic mass is 10.0. The Bertz CT molecular complexity index is 222. The highest BCUT2D eigenvalue weighted by Crippen LogP contribution is 2.23. The molecule has 2 atom stereocenters. The normalized spacial score (nSPS) is 26.8. The minimum absolute atomic E-state index is 0.0329. The van der Waals surface area contributed by atoms with Crippen molar-refractivity contribution in [3.63, 3.8) is 0 Å². The van der Waals surface area contributed by atoms with Gasteiger partial charge in [-0.2, -0.15) is 0 Å². The zero-order valence-electron chi connectivity index (χ0n) is 7.45. The number of nitrogens with one attached hydrogen (secondary N) is 1. The first-order valence-electron chi connectivity index (χ1n) is 4.36. The molecule has 0 aliphatic heterocycles. The molecule has 4 heteroatoms. The minimum Gasteiger partial charge on any atom is -0.327 e. The number of carbonyl (C=O) groups is 1. The second-order valence-electron chi connectivity index (χ2n) is 3.16. The van der Waals surface area contributed by atoms with E-state index >= 15 is 0 Å². The van der Waals surface area contributed by atoms with Gasteiger partial charge in [-0.3, -0.25) is 9.63 Å². The van der Waals surface area contributed by atoms with E-state index in [1.165, 1.54) is 0 Å². The molecule has 1 amide bonds. The second-order valence-corrected chi connectivity index (χ2v) is 3.16. The van der Waals surface area contributed by atoms with Gasteiger partial charge >= 0.3 is 0 Å². The molecule has 0 heterocycles. The third kappa shape index (κ3) is 2.72. The molecule has 0 aromatic rings. The van der Waals surface area contributed by atoms with Crippen LogP contribution in [-0.4, -0.2) is 18.6 Å². The monoisotopic (exact) mass is 182 g/mol. The summed E-state index contributed by atoms with van der Waals surface area (Å²) in [5.41, 5.74) is 8.02. The Morgan fingerprint density at radius 1 is 1.69 bits per heavy atom. The molecule has 0 bridgehead atoms. The topological polar surface area (TPSA) is 64.3 Å². The fourth-order valence-electron chi connectivity index (χ4n) is 1.54. The molecule has 13 heavy (non-hydrogen) atoms. The van der Waals surface area contributed by atoms with Crippen molar-refractivity contribution in [2.75, 3.05) is 6.61 Å². The van der Waals surface area contributed by atoms with E-state index in [-0.39, 0.29) is 24.5 Å². The Morgan fingerprint density at radius 2 is 2.46 bits per heavy atom. The van der Waals surface area contributed by atoms with Crippen LogP contribution in [0.1, 0.15) is 19.3 Å². The fourth-order valence-corrected chi connectivity index (χ4v) is 1.54. The van der Waals surface area contributed by atoms with Crippen LogP contribution in [0.25, 0.3) is 0 Å². The highest BCUT2D eigenvalue weighted by Gasteiger charge is 2.30. The number of hydrogen-bond acceptors (Lipinski definition) is 3. The largest absolute Gasteiger partial charge is 0.327 e. The molecule has 3 N–H and O–H groups in total. The predicted molar refractivity (Wildman–Crippen MR) is 48.2 cm³/mol. The summed E-state index contributed by atoms with van der Waals surface area (Å²) in [7, 11) is 0. The molecule has 0 saturated heterocycles. The molecule has 1 fully saturated rings. The summed E-state index contributed by atoms with van der Waals surface area (Å²) in [6.07, 6.45) is 7.70. The molecule has 4 nitrogen and oxygen atoms in total. The Hall–Kier alpha value is -1.05. The maximum Gasteiger partial charge on any atom is 0.248 e. The SMILES string of the molecule is C#CCONC(=O)[C@H]1CCC[C@H]1N. The third-order valence-electron chi connectivity index (χ3n) is 2.23. The number of hydroxylamine groups is 1. The first-order chi connectivity index (χ1) is 6.25. The van der Waals surface area contributed by atoms with E-state index in [0.29, 0.717) is 0 Å². The van der Waals surface area contributed by atoms with Crippen LogP contribution in [0.5, 0.6) is 0 Å². The van der Waals surface area contributed by atoms with Crippen LogP contribution in [0, 0.1) is 18.3 Å². The summed E-state index contributed by atoms with van der Waals surface area (Å²) in [4.78, 5) is 16.1. The van der Waals surface area contributed by atoms with E-state index in [4.69, 9.17) is 17.0 Å². The van der Waals surface area contributed by atoms with Gasteiger partial charge in [0.15, 0.2) is 0 Å². The Labute approximate surface area is 77.8 Å². The number of carbonyl (C=O) groups excluding carboxylic acids is 1. The van der Waals surface area contributed by atoms with Crippen molar-refractivity contribution in [3.05, 3.63) is 0 Å². The Balaban J connectivity index is 2.27. The van der Waals surface area contributed by atoms with Crippen LogP contribution in [0.4, 0.5) is 0 Å². The van der Waals surface area contributed by atoms with Crippen LogP contribution in [0.3, 0.4) is 0 Å². The smallest absolute Gasteiger partial charge is 0.248 e. The molecule has 0 spiro atoms. The predicted octanol–water partition coefficient (Wildman–Crippen LogP) is -0.205.